The first kappa shape index (κ1) is 14.7. The topological polar surface area (TPSA) is 84.2 Å². The third-order valence-electron chi connectivity index (χ3n) is 3.02. The average molecular weight is 295 g/mol. The van der Waals surface area contributed by atoms with Crippen LogP contribution in [-0.2, 0) is 23.6 Å². The number of nitrogens with zero attached hydrogens (tertiary/aromatic N) is 2. The second kappa shape index (κ2) is 5.74. The van der Waals surface area contributed by atoms with Gasteiger partial charge in [-0.15, -0.1) is 0 Å². The molecule has 1 unspecified atom stereocenters. The number of hydrogen-bond donors (Lipinski definition) is 2. The van der Waals surface area contributed by atoms with Crippen LogP contribution in [0, 0.1) is 0 Å². The van der Waals surface area contributed by atoms with Gasteiger partial charge in [-0.1, -0.05) is 12.1 Å². The molecule has 7 heteroatoms. The minimum atomic E-state index is -3.61. The van der Waals surface area contributed by atoms with E-state index in [2.05, 4.69) is 9.82 Å². The van der Waals surface area contributed by atoms with Crippen molar-refractivity contribution < 1.29 is 13.5 Å². The van der Waals surface area contributed by atoms with Crippen molar-refractivity contribution in [2.45, 2.75) is 24.5 Å². The van der Waals surface area contributed by atoms with Crippen molar-refractivity contribution in [3.8, 4) is 0 Å². The first-order chi connectivity index (χ1) is 9.40. The molecule has 20 heavy (non-hydrogen) atoms. The van der Waals surface area contributed by atoms with Crippen LogP contribution in [0.2, 0.25) is 0 Å². The summed E-state index contributed by atoms with van der Waals surface area (Å²) in [6.45, 7) is 1.76. The molecule has 2 aromatic rings. The third-order valence-corrected chi connectivity index (χ3v) is 4.42. The molecule has 6 nitrogen and oxygen atoms in total. The summed E-state index contributed by atoms with van der Waals surface area (Å²) in [5, 5.41) is 13.5. The normalized spacial score (nSPS) is 13.3. The Bertz CT molecular complexity index is 692. The Labute approximate surface area is 118 Å². The van der Waals surface area contributed by atoms with E-state index in [1.165, 1.54) is 12.1 Å². The maximum absolute atomic E-state index is 12.2. The van der Waals surface area contributed by atoms with Crippen LogP contribution in [0.5, 0.6) is 0 Å². The number of aromatic nitrogens is 2. The highest BCUT2D eigenvalue weighted by atomic mass is 32.2. The number of nitrogens with one attached hydrogen (secondary N) is 1. The molecular weight excluding hydrogens is 278 g/mol. The highest BCUT2D eigenvalue weighted by Crippen LogP contribution is 2.17. The minimum Gasteiger partial charge on any atom is -0.389 e. The highest BCUT2D eigenvalue weighted by Gasteiger charge is 2.15. The predicted octanol–water partition coefficient (Wildman–Crippen LogP) is 0.952. The van der Waals surface area contributed by atoms with E-state index in [4.69, 9.17) is 0 Å². The largest absolute Gasteiger partial charge is 0.389 e. The van der Waals surface area contributed by atoms with Gasteiger partial charge in [0.05, 0.1) is 23.2 Å². The monoisotopic (exact) mass is 295 g/mol. The van der Waals surface area contributed by atoms with Gasteiger partial charge in [0.1, 0.15) is 0 Å². The zero-order valence-electron chi connectivity index (χ0n) is 11.3. The second-order valence-corrected chi connectivity index (χ2v) is 6.29. The van der Waals surface area contributed by atoms with Crippen LogP contribution in [0.25, 0.3) is 0 Å². The lowest BCUT2D eigenvalue weighted by atomic mass is 10.1. The van der Waals surface area contributed by atoms with Gasteiger partial charge in [0, 0.05) is 13.2 Å². The summed E-state index contributed by atoms with van der Waals surface area (Å²) in [5.41, 5.74) is 1.33. The van der Waals surface area contributed by atoms with Crippen LogP contribution in [0.1, 0.15) is 24.3 Å². The molecule has 0 bridgehead atoms. The first-order valence-corrected chi connectivity index (χ1v) is 7.63. The molecule has 1 heterocycles. The fourth-order valence-corrected chi connectivity index (χ4v) is 2.82. The molecule has 0 aliphatic rings. The molecule has 1 aromatic heterocycles. The first-order valence-electron chi connectivity index (χ1n) is 6.15. The number of aliphatic hydroxyl groups excluding tert-OH is 1. The van der Waals surface area contributed by atoms with Crippen LogP contribution in [-0.4, -0.2) is 23.3 Å². The maximum Gasteiger partial charge on any atom is 0.240 e. The van der Waals surface area contributed by atoms with E-state index < -0.39 is 16.1 Å². The molecule has 0 saturated carbocycles. The number of hydrogen-bond acceptors (Lipinski definition) is 4. The Balaban J connectivity index is 2.18. The minimum absolute atomic E-state index is 0.137. The second-order valence-electron chi connectivity index (χ2n) is 4.52. The fraction of sp³-hybridized carbons (Fsp3) is 0.308. The van der Waals surface area contributed by atoms with Gasteiger partial charge in [-0.05, 0) is 30.7 Å². The van der Waals surface area contributed by atoms with Crippen molar-refractivity contribution in [3.05, 3.63) is 47.8 Å². The summed E-state index contributed by atoms with van der Waals surface area (Å²) in [4.78, 5) is 0.137. The number of aliphatic hydroxyl groups is 1. The average Bonchev–Trinajstić information content (AvgIpc) is 2.82. The van der Waals surface area contributed by atoms with Gasteiger partial charge in [0.15, 0.2) is 0 Å². The molecule has 0 amide bonds. The SMILES string of the molecule is CC(O)c1cccc(S(=O)(=O)NCc2ccnn2C)c1. The molecule has 2 N–H and O–H groups in total. The summed E-state index contributed by atoms with van der Waals surface area (Å²) < 4.78 is 28.5. The van der Waals surface area contributed by atoms with Crippen LogP contribution in [0.15, 0.2) is 41.4 Å². The Hall–Kier alpha value is -1.70. The molecular formula is C13H17N3O3S. The van der Waals surface area contributed by atoms with Crippen LogP contribution >= 0.6 is 0 Å². The summed E-state index contributed by atoms with van der Waals surface area (Å²) in [7, 11) is -1.86. The molecule has 1 atom stereocenters. The van der Waals surface area contributed by atoms with E-state index >= 15 is 0 Å². The molecule has 0 fully saturated rings. The van der Waals surface area contributed by atoms with E-state index in [1.54, 1.807) is 43.0 Å². The fourth-order valence-electron chi connectivity index (χ4n) is 1.77. The predicted molar refractivity (Wildman–Crippen MR) is 74.3 cm³/mol. The Morgan fingerprint density at radius 2 is 2.15 bits per heavy atom. The van der Waals surface area contributed by atoms with Crippen LogP contribution in [0.3, 0.4) is 0 Å². The number of aryl methyl sites for hydroxylation is 1. The van der Waals surface area contributed by atoms with Crippen molar-refractivity contribution in [2.75, 3.05) is 0 Å². The maximum atomic E-state index is 12.2. The van der Waals surface area contributed by atoms with Gasteiger partial charge in [0.2, 0.25) is 10.0 Å². The van der Waals surface area contributed by atoms with Gasteiger partial charge in [-0.2, -0.15) is 5.10 Å². The quantitative estimate of drug-likeness (QED) is 0.860. The summed E-state index contributed by atoms with van der Waals surface area (Å²) >= 11 is 0. The van der Waals surface area contributed by atoms with Crippen molar-refractivity contribution >= 4 is 10.0 Å². The summed E-state index contributed by atoms with van der Waals surface area (Å²) in [5.74, 6) is 0. The lowest BCUT2D eigenvalue weighted by molar-refractivity contribution is 0.199. The van der Waals surface area contributed by atoms with E-state index in [0.29, 0.717) is 5.56 Å². The third kappa shape index (κ3) is 3.24. The van der Waals surface area contributed by atoms with Crippen molar-refractivity contribution in [3.63, 3.8) is 0 Å². The number of rotatable bonds is 5. The molecule has 2 rings (SSSR count). The lowest BCUT2D eigenvalue weighted by Gasteiger charge is -2.10. The van der Waals surface area contributed by atoms with Gasteiger partial charge in [0.25, 0.3) is 0 Å². The van der Waals surface area contributed by atoms with Crippen molar-refractivity contribution in [1.29, 1.82) is 0 Å². The molecule has 0 spiro atoms. The van der Waals surface area contributed by atoms with Gasteiger partial charge in [-0.25, -0.2) is 13.1 Å². The summed E-state index contributed by atoms with van der Waals surface area (Å²) in [6, 6.07) is 8.01. The van der Waals surface area contributed by atoms with Gasteiger partial charge >= 0.3 is 0 Å². The van der Waals surface area contributed by atoms with Crippen LogP contribution < -0.4 is 4.72 Å². The van der Waals surface area contributed by atoms with E-state index in [1.807, 2.05) is 0 Å². The number of sulfonamides is 1. The van der Waals surface area contributed by atoms with E-state index in [9.17, 15) is 13.5 Å². The molecule has 0 aliphatic carbocycles. The number of benzene rings is 1. The highest BCUT2D eigenvalue weighted by molar-refractivity contribution is 7.89. The van der Waals surface area contributed by atoms with E-state index in [0.717, 1.165) is 5.69 Å². The molecule has 0 radical (unpaired) electrons. The van der Waals surface area contributed by atoms with Gasteiger partial charge in [-0.3, -0.25) is 4.68 Å². The molecule has 0 aliphatic heterocycles. The Morgan fingerprint density at radius 1 is 1.40 bits per heavy atom. The smallest absolute Gasteiger partial charge is 0.240 e. The standard InChI is InChI=1S/C13H17N3O3S/c1-10(17)11-4-3-5-13(8-11)20(18,19)15-9-12-6-7-14-16(12)2/h3-8,10,15,17H,9H2,1-2H3. The van der Waals surface area contributed by atoms with E-state index in [-0.39, 0.29) is 11.4 Å². The summed E-state index contributed by atoms with van der Waals surface area (Å²) in [6.07, 6.45) is 0.903. The zero-order valence-corrected chi connectivity index (χ0v) is 12.1. The zero-order chi connectivity index (χ0) is 14.8. The Morgan fingerprint density at radius 3 is 2.75 bits per heavy atom. The molecule has 108 valence electrons. The Kier molecular flexibility index (Phi) is 4.22. The van der Waals surface area contributed by atoms with Gasteiger partial charge < -0.3 is 5.11 Å². The molecule has 1 aromatic carbocycles. The van der Waals surface area contributed by atoms with Crippen molar-refractivity contribution in [2.24, 2.45) is 7.05 Å². The van der Waals surface area contributed by atoms with Crippen LogP contribution in [0.4, 0.5) is 0 Å². The van der Waals surface area contributed by atoms with Crippen molar-refractivity contribution in [1.82, 2.24) is 14.5 Å². The lowest BCUT2D eigenvalue weighted by Crippen LogP contribution is -2.24. The molecule has 0 saturated heterocycles.